The van der Waals surface area contributed by atoms with Crippen LogP contribution in [0.5, 0.6) is 0 Å². The van der Waals surface area contributed by atoms with Crippen LogP contribution in [0.4, 0.5) is 0 Å². The molecule has 0 aliphatic carbocycles. The Morgan fingerprint density at radius 3 is 3.12 bits per heavy atom. The number of hydrogen-bond donors (Lipinski definition) is 1. The van der Waals surface area contributed by atoms with Crippen LogP contribution in [-0.2, 0) is 13.0 Å². The van der Waals surface area contributed by atoms with Crippen molar-refractivity contribution in [3.63, 3.8) is 0 Å². The lowest BCUT2D eigenvalue weighted by atomic mass is 10.1. The van der Waals surface area contributed by atoms with E-state index < -0.39 is 0 Å². The second-order valence-corrected chi connectivity index (χ2v) is 5.68. The molecule has 3 heterocycles. The molecule has 1 atom stereocenters. The SMILES string of the molecule is Cc1ccc(-c2ncc3n2CC(N)CC3)s1. The summed E-state index contributed by atoms with van der Waals surface area (Å²) in [5.41, 5.74) is 7.34. The van der Waals surface area contributed by atoms with E-state index in [1.807, 2.05) is 6.20 Å². The molecule has 2 N–H and O–H groups in total. The number of aromatic nitrogens is 2. The van der Waals surface area contributed by atoms with E-state index in [1.54, 1.807) is 11.3 Å². The Morgan fingerprint density at radius 2 is 2.38 bits per heavy atom. The molecule has 1 unspecified atom stereocenters. The van der Waals surface area contributed by atoms with Crippen molar-refractivity contribution in [1.29, 1.82) is 0 Å². The summed E-state index contributed by atoms with van der Waals surface area (Å²) in [5.74, 6) is 1.09. The molecule has 3 nitrogen and oxygen atoms in total. The summed E-state index contributed by atoms with van der Waals surface area (Å²) in [5, 5.41) is 0. The first-order valence-electron chi connectivity index (χ1n) is 5.61. The first kappa shape index (κ1) is 10.1. The van der Waals surface area contributed by atoms with Gasteiger partial charge in [-0.1, -0.05) is 0 Å². The lowest BCUT2D eigenvalue weighted by molar-refractivity contribution is 0.464. The van der Waals surface area contributed by atoms with E-state index in [9.17, 15) is 0 Å². The molecular formula is C12H15N3S. The van der Waals surface area contributed by atoms with E-state index in [0.717, 1.165) is 25.2 Å². The van der Waals surface area contributed by atoms with Gasteiger partial charge in [-0.05, 0) is 31.9 Å². The highest BCUT2D eigenvalue weighted by molar-refractivity contribution is 7.15. The molecule has 0 fully saturated rings. The van der Waals surface area contributed by atoms with Crippen molar-refractivity contribution in [3.8, 4) is 10.7 Å². The van der Waals surface area contributed by atoms with Crippen molar-refractivity contribution in [2.45, 2.75) is 32.4 Å². The van der Waals surface area contributed by atoms with E-state index in [2.05, 4.69) is 28.6 Å². The normalized spacial score (nSPS) is 19.8. The van der Waals surface area contributed by atoms with Crippen LogP contribution < -0.4 is 5.73 Å². The first-order chi connectivity index (χ1) is 7.74. The second-order valence-electron chi connectivity index (χ2n) is 4.39. The van der Waals surface area contributed by atoms with Crippen LogP contribution in [0.2, 0.25) is 0 Å². The van der Waals surface area contributed by atoms with Crippen molar-refractivity contribution >= 4 is 11.3 Å². The van der Waals surface area contributed by atoms with Gasteiger partial charge >= 0.3 is 0 Å². The summed E-state index contributed by atoms with van der Waals surface area (Å²) in [4.78, 5) is 7.11. The van der Waals surface area contributed by atoms with E-state index >= 15 is 0 Å². The third-order valence-electron chi connectivity index (χ3n) is 3.09. The number of nitrogens with two attached hydrogens (primary N) is 1. The topological polar surface area (TPSA) is 43.8 Å². The molecule has 3 rings (SSSR count). The van der Waals surface area contributed by atoms with Crippen molar-refractivity contribution < 1.29 is 0 Å². The summed E-state index contributed by atoms with van der Waals surface area (Å²) in [6.07, 6.45) is 4.13. The number of aryl methyl sites for hydroxylation is 2. The quantitative estimate of drug-likeness (QED) is 0.820. The van der Waals surface area contributed by atoms with Crippen LogP contribution in [-0.4, -0.2) is 15.6 Å². The van der Waals surface area contributed by atoms with E-state index in [1.165, 1.54) is 15.4 Å². The fourth-order valence-electron chi connectivity index (χ4n) is 2.22. The standard InChI is InChI=1S/C12H15N3S/c1-8-2-5-11(16-8)12-14-6-10-4-3-9(13)7-15(10)12/h2,5-6,9H,3-4,7,13H2,1H3. The summed E-state index contributed by atoms with van der Waals surface area (Å²) in [7, 11) is 0. The lowest BCUT2D eigenvalue weighted by Gasteiger charge is -2.21. The van der Waals surface area contributed by atoms with Gasteiger partial charge in [-0.15, -0.1) is 11.3 Å². The minimum atomic E-state index is 0.279. The maximum Gasteiger partial charge on any atom is 0.150 e. The summed E-state index contributed by atoms with van der Waals surface area (Å²) in [6.45, 7) is 3.03. The second kappa shape index (κ2) is 3.71. The molecule has 2 aromatic rings. The number of fused-ring (bicyclic) bond motifs is 1. The maximum atomic E-state index is 6.02. The third kappa shape index (κ3) is 1.58. The average molecular weight is 233 g/mol. The van der Waals surface area contributed by atoms with Crippen LogP contribution in [0.25, 0.3) is 10.7 Å². The molecule has 0 radical (unpaired) electrons. The molecule has 16 heavy (non-hydrogen) atoms. The molecule has 0 amide bonds. The van der Waals surface area contributed by atoms with E-state index in [0.29, 0.717) is 0 Å². The molecule has 4 heteroatoms. The number of thiophene rings is 1. The van der Waals surface area contributed by atoms with Gasteiger partial charge in [0.25, 0.3) is 0 Å². The van der Waals surface area contributed by atoms with E-state index in [-0.39, 0.29) is 6.04 Å². The molecule has 0 bridgehead atoms. The summed E-state index contributed by atoms with van der Waals surface area (Å²) in [6, 6.07) is 4.57. The number of hydrogen-bond acceptors (Lipinski definition) is 3. The third-order valence-corrected chi connectivity index (χ3v) is 4.08. The van der Waals surface area contributed by atoms with Crippen molar-refractivity contribution in [1.82, 2.24) is 9.55 Å². The predicted octanol–water partition coefficient (Wildman–Crippen LogP) is 2.19. The molecule has 2 aromatic heterocycles. The zero-order valence-corrected chi connectivity index (χ0v) is 10.1. The zero-order chi connectivity index (χ0) is 11.1. The predicted molar refractivity (Wildman–Crippen MR) is 66.6 cm³/mol. The van der Waals surface area contributed by atoms with Gasteiger partial charge < -0.3 is 10.3 Å². The van der Waals surface area contributed by atoms with Gasteiger partial charge in [-0.2, -0.15) is 0 Å². The molecule has 0 aromatic carbocycles. The Bertz CT molecular complexity index is 512. The molecule has 0 spiro atoms. The number of imidazole rings is 1. The van der Waals surface area contributed by atoms with Crippen LogP contribution in [0.15, 0.2) is 18.3 Å². The van der Waals surface area contributed by atoms with Gasteiger partial charge in [0.15, 0.2) is 0 Å². The van der Waals surface area contributed by atoms with Gasteiger partial charge in [0.05, 0.1) is 4.88 Å². The minimum absolute atomic E-state index is 0.279. The van der Waals surface area contributed by atoms with Crippen LogP contribution in [0.3, 0.4) is 0 Å². The summed E-state index contributed by atoms with van der Waals surface area (Å²) < 4.78 is 2.28. The smallest absolute Gasteiger partial charge is 0.150 e. The Morgan fingerprint density at radius 1 is 1.50 bits per heavy atom. The first-order valence-corrected chi connectivity index (χ1v) is 6.42. The fourth-order valence-corrected chi connectivity index (χ4v) is 3.10. The number of rotatable bonds is 1. The van der Waals surface area contributed by atoms with Crippen LogP contribution in [0, 0.1) is 6.92 Å². The Hall–Kier alpha value is -1.13. The van der Waals surface area contributed by atoms with Crippen molar-refractivity contribution in [3.05, 3.63) is 28.9 Å². The monoisotopic (exact) mass is 233 g/mol. The molecule has 1 aliphatic rings. The van der Waals surface area contributed by atoms with Crippen molar-refractivity contribution in [2.75, 3.05) is 0 Å². The molecule has 84 valence electrons. The Balaban J connectivity index is 2.06. The van der Waals surface area contributed by atoms with Gasteiger partial charge in [0.1, 0.15) is 5.82 Å². The van der Waals surface area contributed by atoms with E-state index in [4.69, 9.17) is 5.73 Å². The zero-order valence-electron chi connectivity index (χ0n) is 9.31. The van der Waals surface area contributed by atoms with Gasteiger partial charge in [0, 0.05) is 29.4 Å². The molecule has 0 saturated heterocycles. The molecular weight excluding hydrogens is 218 g/mol. The Labute approximate surface area is 98.9 Å². The van der Waals surface area contributed by atoms with Gasteiger partial charge in [-0.3, -0.25) is 0 Å². The van der Waals surface area contributed by atoms with Gasteiger partial charge in [-0.25, -0.2) is 4.98 Å². The Kier molecular flexibility index (Phi) is 2.33. The minimum Gasteiger partial charge on any atom is -0.326 e. The fraction of sp³-hybridized carbons (Fsp3) is 0.417. The maximum absolute atomic E-state index is 6.02. The molecule has 1 aliphatic heterocycles. The van der Waals surface area contributed by atoms with Crippen LogP contribution in [0.1, 0.15) is 17.0 Å². The highest BCUT2D eigenvalue weighted by Crippen LogP contribution is 2.29. The van der Waals surface area contributed by atoms with Crippen LogP contribution >= 0.6 is 11.3 Å². The summed E-state index contributed by atoms with van der Waals surface area (Å²) >= 11 is 1.80. The molecule has 0 saturated carbocycles. The largest absolute Gasteiger partial charge is 0.326 e. The van der Waals surface area contributed by atoms with Gasteiger partial charge in [0.2, 0.25) is 0 Å². The van der Waals surface area contributed by atoms with Crippen molar-refractivity contribution in [2.24, 2.45) is 5.73 Å². The lowest BCUT2D eigenvalue weighted by Crippen LogP contribution is -2.31. The average Bonchev–Trinajstić information content (AvgIpc) is 2.83. The highest BCUT2D eigenvalue weighted by atomic mass is 32.1. The highest BCUT2D eigenvalue weighted by Gasteiger charge is 2.20. The number of nitrogens with zero attached hydrogens (tertiary/aromatic N) is 2.